The second kappa shape index (κ2) is 3.80. The summed E-state index contributed by atoms with van der Waals surface area (Å²) in [5.41, 5.74) is 5.40. The monoisotopic (exact) mass is 244 g/mol. The van der Waals surface area contributed by atoms with Gasteiger partial charge in [-0.3, -0.25) is 0 Å². The van der Waals surface area contributed by atoms with E-state index in [0.717, 1.165) is 0 Å². The molecule has 1 aliphatic rings. The molecule has 2 N–H and O–H groups in total. The number of hydrogen-bond acceptors (Lipinski definition) is 4. The third kappa shape index (κ3) is 2.04. The van der Waals surface area contributed by atoms with Crippen LogP contribution in [0.3, 0.4) is 0 Å². The van der Waals surface area contributed by atoms with Crippen molar-refractivity contribution in [2.45, 2.75) is 24.3 Å². The first-order chi connectivity index (χ1) is 7.90. The van der Waals surface area contributed by atoms with Crippen LogP contribution < -0.4 is 15.2 Å². The molecule has 0 amide bonds. The van der Waals surface area contributed by atoms with Gasteiger partial charge in [0.2, 0.25) is 5.88 Å². The number of ether oxygens (including phenoxy) is 2. The van der Waals surface area contributed by atoms with Crippen LogP contribution in [0.25, 0.3) is 0 Å². The molecular weight excluding hydrogens is 230 g/mol. The van der Waals surface area contributed by atoms with Crippen LogP contribution in [-0.2, 0) is 5.54 Å². The van der Waals surface area contributed by atoms with E-state index in [-0.39, 0.29) is 12.8 Å². The largest absolute Gasteiger partial charge is 0.495 e. The van der Waals surface area contributed by atoms with Gasteiger partial charge in [-0.05, 0) is 0 Å². The van der Waals surface area contributed by atoms with Gasteiger partial charge in [0.15, 0.2) is 0 Å². The van der Waals surface area contributed by atoms with E-state index >= 15 is 0 Å². The number of halogens is 2. The van der Waals surface area contributed by atoms with E-state index < -0.39 is 11.5 Å². The topological polar surface area (TPSA) is 57.4 Å². The summed E-state index contributed by atoms with van der Waals surface area (Å²) in [6.45, 7) is 0. The van der Waals surface area contributed by atoms with Crippen molar-refractivity contribution >= 4 is 0 Å². The summed E-state index contributed by atoms with van der Waals surface area (Å²) in [6.07, 6.45) is 0.659. The van der Waals surface area contributed by atoms with Crippen LogP contribution in [0.4, 0.5) is 8.78 Å². The Hall–Kier alpha value is -1.43. The lowest BCUT2D eigenvalue weighted by Gasteiger charge is -2.45. The molecule has 1 aliphatic carbocycles. The quantitative estimate of drug-likeness (QED) is 0.878. The Bertz CT molecular complexity index is 429. The van der Waals surface area contributed by atoms with Gasteiger partial charge in [-0.15, -0.1) is 0 Å². The zero-order chi connectivity index (χ0) is 12.7. The first-order valence-corrected chi connectivity index (χ1v) is 5.15. The molecule has 0 aliphatic heterocycles. The molecule has 2 rings (SSSR count). The van der Waals surface area contributed by atoms with Gasteiger partial charge in [-0.2, -0.15) is 0 Å². The number of nitrogens with zero attached hydrogens (tertiary/aromatic N) is 1. The Morgan fingerprint density at radius 1 is 1.29 bits per heavy atom. The minimum absolute atomic E-state index is 0.334. The van der Waals surface area contributed by atoms with Crippen LogP contribution in [-0.4, -0.2) is 25.1 Å². The molecule has 0 radical (unpaired) electrons. The Morgan fingerprint density at radius 2 is 1.94 bits per heavy atom. The maximum absolute atomic E-state index is 13.0. The van der Waals surface area contributed by atoms with Gasteiger partial charge >= 0.3 is 0 Å². The van der Waals surface area contributed by atoms with Gasteiger partial charge in [0.05, 0.1) is 26.0 Å². The molecule has 6 heteroatoms. The minimum Gasteiger partial charge on any atom is -0.495 e. The molecule has 17 heavy (non-hydrogen) atoms. The molecule has 0 saturated heterocycles. The highest BCUT2D eigenvalue weighted by Gasteiger charge is 2.56. The summed E-state index contributed by atoms with van der Waals surface area (Å²) in [7, 11) is 2.91. The molecule has 0 unspecified atom stereocenters. The molecule has 1 aromatic heterocycles. The van der Waals surface area contributed by atoms with Gasteiger partial charge < -0.3 is 15.2 Å². The molecule has 0 spiro atoms. The molecule has 4 nitrogen and oxygen atoms in total. The average molecular weight is 244 g/mol. The molecule has 1 saturated carbocycles. The molecule has 0 atom stereocenters. The van der Waals surface area contributed by atoms with Crippen LogP contribution >= 0.6 is 0 Å². The van der Waals surface area contributed by atoms with Gasteiger partial charge in [0.25, 0.3) is 5.92 Å². The molecule has 0 bridgehead atoms. The number of pyridine rings is 1. The second-order valence-electron chi connectivity index (χ2n) is 4.29. The fraction of sp³-hybridized carbons (Fsp3) is 0.545. The number of methoxy groups -OCH3 is 2. The van der Waals surface area contributed by atoms with E-state index in [1.807, 2.05) is 0 Å². The normalized spacial score (nSPS) is 20.5. The first kappa shape index (κ1) is 12.0. The summed E-state index contributed by atoms with van der Waals surface area (Å²) in [5.74, 6) is -1.96. The molecule has 1 heterocycles. The summed E-state index contributed by atoms with van der Waals surface area (Å²) in [6, 6.07) is 1.55. The smallest absolute Gasteiger partial charge is 0.252 e. The zero-order valence-corrected chi connectivity index (χ0v) is 9.67. The second-order valence-corrected chi connectivity index (χ2v) is 4.29. The van der Waals surface area contributed by atoms with Gasteiger partial charge in [-0.25, -0.2) is 13.8 Å². The maximum atomic E-state index is 13.0. The molecule has 1 fully saturated rings. The van der Waals surface area contributed by atoms with Crippen molar-refractivity contribution in [3.05, 3.63) is 17.8 Å². The van der Waals surface area contributed by atoms with Gasteiger partial charge in [0, 0.05) is 24.5 Å². The van der Waals surface area contributed by atoms with Crippen molar-refractivity contribution in [3.63, 3.8) is 0 Å². The Kier molecular flexibility index (Phi) is 2.69. The van der Waals surface area contributed by atoms with Gasteiger partial charge in [0.1, 0.15) is 5.75 Å². The fourth-order valence-electron chi connectivity index (χ4n) is 2.15. The van der Waals surface area contributed by atoms with Crippen molar-refractivity contribution in [1.29, 1.82) is 0 Å². The summed E-state index contributed by atoms with van der Waals surface area (Å²) >= 11 is 0. The molecule has 0 aromatic carbocycles. The van der Waals surface area contributed by atoms with Crippen LogP contribution in [0.5, 0.6) is 11.6 Å². The third-order valence-corrected chi connectivity index (χ3v) is 2.96. The predicted molar refractivity (Wildman–Crippen MR) is 57.4 cm³/mol. The van der Waals surface area contributed by atoms with E-state index in [1.165, 1.54) is 20.4 Å². The Morgan fingerprint density at radius 3 is 2.41 bits per heavy atom. The van der Waals surface area contributed by atoms with E-state index in [0.29, 0.717) is 17.2 Å². The zero-order valence-electron chi connectivity index (χ0n) is 9.67. The average Bonchev–Trinajstić information content (AvgIpc) is 2.25. The van der Waals surface area contributed by atoms with Crippen LogP contribution in [0.15, 0.2) is 12.3 Å². The van der Waals surface area contributed by atoms with E-state index in [2.05, 4.69) is 4.98 Å². The highest BCUT2D eigenvalue weighted by molar-refractivity contribution is 5.42. The number of alkyl halides is 2. The highest BCUT2D eigenvalue weighted by atomic mass is 19.3. The summed E-state index contributed by atoms with van der Waals surface area (Å²) < 4.78 is 36.0. The predicted octanol–water partition coefficient (Wildman–Crippen LogP) is 1.68. The number of aromatic nitrogens is 1. The Labute approximate surface area is 97.7 Å². The van der Waals surface area contributed by atoms with Crippen molar-refractivity contribution in [1.82, 2.24) is 4.98 Å². The van der Waals surface area contributed by atoms with E-state index in [4.69, 9.17) is 15.2 Å². The lowest BCUT2D eigenvalue weighted by Crippen LogP contribution is -2.55. The lowest BCUT2D eigenvalue weighted by atomic mass is 9.70. The van der Waals surface area contributed by atoms with Gasteiger partial charge in [-0.1, -0.05) is 0 Å². The molecule has 1 aromatic rings. The summed E-state index contributed by atoms with van der Waals surface area (Å²) in [5, 5.41) is 0. The van der Waals surface area contributed by atoms with Crippen LogP contribution in [0.2, 0.25) is 0 Å². The number of nitrogens with two attached hydrogens (primary N) is 1. The minimum atomic E-state index is -2.70. The summed E-state index contributed by atoms with van der Waals surface area (Å²) in [4.78, 5) is 3.95. The SMILES string of the molecule is COc1cc(C2(N)CC(F)(F)C2)c(OC)cn1. The lowest BCUT2D eigenvalue weighted by molar-refractivity contribution is -0.125. The van der Waals surface area contributed by atoms with E-state index in [1.54, 1.807) is 6.07 Å². The highest BCUT2D eigenvalue weighted by Crippen LogP contribution is 2.52. The first-order valence-electron chi connectivity index (χ1n) is 5.15. The Balaban J connectivity index is 2.37. The third-order valence-electron chi connectivity index (χ3n) is 2.96. The maximum Gasteiger partial charge on any atom is 0.252 e. The standard InChI is InChI=1S/C11H14F2N2O2/c1-16-8-4-15-9(17-2)3-7(8)10(14)5-11(12,13)6-10/h3-4H,5-6,14H2,1-2H3. The fourth-order valence-corrected chi connectivity index (χ4v) is 2.15. The number of rotatable bonds is 3. The van der Waals surface area contributed by atoms with Crippen molar-refractivity contribution in [2.24, 2.45) is 5.73 Å². The number of hydrogen-bond donors (Lipinski definition) is 1. The van der Waals surface area contributed by atoms with Crippen molar-refractivity contribution < 1.29 is 18.3 Å². The van der Waals surface area contributed by atoms with Crippen LogP contribution in [0.1, 0.15) is 18.4 Å². The molecular formula is C11H14F2N2O2. The van der Waals surface area contributed by atoms with E-state index in [9.17, 15) is 8.78 Å². The van der Waals surface area contributed by atoms with Crippen molar-refractivity contribution in [2.75, 3.05) is 14.2 Å². The van der Waals surface area contributed by atoms with Crippen LogP contribution in [0, 0.1) is 0 Å². The molecule has 94 valence electrons. The van der Waals surface area contributed by atoms with Crippen molar-refractivity contribution in [3.8, 4) is 11.6 Å².